The molecule has 72 valence electrons. The highest BCUT2D eigenvalue weighted by atomic mass is 16.2. The highest BCUT2D eigenvalue weighted by molar-refractivity contribution is 5.75. The molecular weight excluding hydrogens is 164 g/mol. The Bertz CT molecular complexity index is 267. The van der Waals surface area contributed by atoms with E-state index in [-0.39, 0.29) is 6.61 Å². The molecule has 0 bridgehead atoms. The van der Waals surface area contributed by atoms with E-state index >= 15 is 0 Å². The Morgan fingerprint density at radius 3 is 2.23 bits per heavy atom. The quantitative estimate of drug-likeness (QED) is 0.672. The second kappa shape index (κ2) is 6.38. The van der Waals surface area contributed by atoms with E-state index in [1.165, 1.54) is 11.1 Å². The molecule has 0 saturated heterocycles. The molecule has 1 rings (SSSR count). The van der Waals surface area contributed by atoms with Crippen LogP contribution in [0.1, 0.15) is 28.4 Å². The molecule has 0 amide bonds. The second-order valence-corrected chi connectivity index (χ2v) is 2.78. The molecule has 0 aliphatic carbocycles. The number of carbonyl (C=O) groups excluding carboxylic acids is 1. The van der Waals surface area contributed by atoms with E-state index in [0.717, 1.165) is 11.8 Å². The van der Waals surface area contributed by atoms with Crippen molar-refractivity contribution in [2.75, 3.05) is 6.61 Å². The summed E-state index contributed by atoms with van der Waals surface area (Å²) in [7, 11) is 0. The number of benzene rings is 1. The van der Waals surface area contributed by atoms with Gasteiger partial charge >= 0.3 is 0 Å². The average molecular weight is 180 g/mol. The fraction of sp³-hybridized carbons (Fsp3) is 0.364. The van der Waals surface area contributed by atoms with E-state index in [1.54, 1.807) is 6.92 Å². The van der Waals surface area contributed by atoms with Gasteiger partial charge in [-0.05, 0) is 38.0 Å². The maximum absolute atomic E-state index is 10.3. The lowest BCUT2D eigenvalue weighted by molar-refractivity contribution is 0.112. The fourth-order valence-electron chi connectivity index (χ4n) is 0.838. The Hall–Kier alpha value is -1.15. The number of aliphatic hydroxyl groups is 1. The minimum atomic E-state index is 0.250. The first-order chi connectivity index (χ1) is 6.15. The minimum Gasteiger partial charge on any atom is -0.397 e. The maximum Gasteiger partial charge on any atom is 0.150 e. The van der Waals surface area contributed by atoms with Gasteiger partial charge in [-0.15, -0.1) is 0 Å². The second-order valence-electron chi connectivity index (χ2n) is 2.78. The molecule has 0 heterocycles. The van der Waals surface area contributed by atoms with Crippen molar-refractivity contribution in [3.05, 3.63) is 34.9 Å². The third-order valence-electron chi connectivity index (χ3n) is 1.67. The van der Waals surface area contributed by atoms with Gasteiger partial charge in [0.15, 0.2) is 0 Å². The first-order valence-corrected chi connectivity index (χ1v) is 4.29. The number of aliphatic hydroxyl groups excluding tert-OH is 1. The molecule has 0 aromatic heterocycles. The van der Waals surface area contributed by atoms with Crippen LogP contribution >= 0.6 is 0 Å². The van der Waals surface area contributed by atoms with Crippen LogP contribution in [0.2, 0.25) is 0 Å². The molecule has 0 spiro atoms. The Morgan fingerprint density at radius 1 is 1.31 bits per heavy atom. The molecule has 0 saturated carbocycles. The molecule has 1 aromatic rings. The minimum absolute atomic E-state index is 0.250. The van der Waals surface area contributed by atoms with E-state index in [9.17, 15) is 4.79 Å². The van der Waals surface area contributed by atoms with E-state index in [2.05, 4.69) is 0 Å². The summed E-state index contributed by atoms with van der Waals surface area (Å²) in [6, 6.07) is 5.68. The first kappa shape index (κ1) is 11.8. The van der Waals surface area contributed by atoms with Crippen molar-refractivity contribution in [3.63, 3.8) is 0 Å². The first-order valence-electron chi connectivity index (χ1n) is 4.29. The van der Waals surface area contributed by atoms with Crippen LogP contribution in [0, 0.1) is 13.8 Å². The van der Waals surface area contributed by atoms with Crippen molar-refractivity contribution in [3.8, 4) is 0 Å². The molecule has 0 atom stereocenters. The van der Waals surface area contributed by atoms with Crippen LogP contribution in [-0.4, -0.2) is 18.0 Å². The van der Waals surface area contributed by atoms with Crippen molar-refractivity contribution < 1.29 is 9.90 Å². The highest BCUT2D eigenvalue weighted by Gasteiger charge is 1.92. The average Bonchev–Trinajstić information content (AvgIpc) is 2.11. The predicted molar refractivity (Wildman–Crippen MR) is 54.1 cm³/mol. The Balaban J connectivity index is 0.000000424. The summed E-state index contributed by atoms with van der Waals surface area (Å²) in [6.45, 7) is 5.96. The van der Waals surface area contributed by atoms with Crippen molar-refractivity contribution in [2.24, 2.45) is 0 Å². The van der Waals surface area contributed by atoms with Crippen LogP contribution in [0.5, 0.6) is 0 Å². The van der Waals surface area contributed by atoms with Gasteiger partial charge in [0.2, 0.25) is 0 Å². The molecule has 1 N–H and O–H groups in total. The van der Waals surface area contributed by atoms with E-state index in [0.29, 0.717) is 0 Å². The molecule has 0 aliphatic rings. The van der Waals surface area contributed by atoms with Gasteiger partial charge < -0.3 is 5.11 Å². The molecule has 1 aromatic carbocycles. The van der Waals surface area contributed by atoms with Gasteiger partial charge in [0.05, 0.1) is 0 Å². The number of aryl methyl sites for hydroxylation is 2. The monoisotopic (exact) mass is 180 g/mol. The zero-order chi connectivity index (χ0) is 10.3. The number of aldehydes is 1. The third kappa shape index (κ3) is 4.43. The standard InChI is InChI=1S/C9H10O.C2H6O/c1-7-3-4-9(6-10)5-8(7)2;1-2-3/h3-6H,1-2H3;3H,2H2,1H3. The Labute approximate surface area is 79.2 Å². The summed E-state index contributed by atoms with van der Waals surface area (Å²) in [5.74, 6) is 0. The topological polar surface area (TPSA) is 37.3 Å². The molecule has 2 nitrogen and oxygen atoms in total. The van der Waals surface area contributed by atoms with Crippen LogP contribution in [0.25, 0.3) is 0 Å². The normalized spacial score (nSPS) is 8.62. The molecule has 2 heteroatoms. The van der Waals surface area contributed by atoms with Gasteiger partial charge in [-0.1, -0.05) is 12.1 Å². The predicted octanol–water partition coefficient (Wildman–Crippen LogP) is 2.11. The van der Waals surface area contributed by atoms with Gasteiger partial charge in [0, 0.05) is 12.2 Å². The molecule has 13 heavy (non-hydrogen) atoms. The largest absolute Gasteiger partial charge is 0.397 e. The summed E-state index contributed by atoms with van der Waals surface area (Å²) in [6.07, 6.45) is 0.867. The van der Waals surface area contributed by atoms with Crippen molar-refractivity contribution in [1.82, 2.24) is 0 Å². The van der Waals surface area contributed by atoms with E-state index in [1.807, 2.05) is 32.0 Å². The van der Waals surface area contributed by atoms with Crippen LogP contribution < -0.4 is 0 Å². The lowest BCUT2D eigenvalue weighted by Gasteiger charge is -1.97. The lowest BCUT2D eigenvalue weighted by atomic mass is 10.1. The Kier molecular flexibility index (Phi) is 5.81. The zero-order valence-electron chi connectivity index (χ0n) is 8.37. The van der Waals surface area contributed by atoms with E-state index in [4.69, 9.17) is 5.11 Å². The maximum atomic E-state index is 10.3. The lowest BCUT2D eigenvalue weighted by Crippen LogP contribution is -1.84. The summed E-state index contributed by atoms with van der Waals surface area (Å²) >= 11 is 0. The van der Waals surface area contributed by atoms with E-state index < -0.39 is 0 Å². The SMILES string of the molecule is CCO.Cc1ccc(C=O)cc1C. The van der Waals surface area contributed by atoms with Crippen LogP contribution in [0.3, 0.4) is 0 Å². The van der Waals surface area contributed by atoms with Crippen LogP contribution in [0.4, 0.5) is 0 Å². The molecule has 0 unspecified atom stereocenters. The third-order valence-corrected chi connectivity index (χ3v) is 1.67. The van der Waals surface area contributed by atoms with Crippen LogP contribution in [-0.2, 0) is 0 Å². The van der Waals surface area contributed by atoms with Crippen molar-refractivity contribution in [1.29, 1.82) is 0 Å². The number of hydrogen-bond donors (Lipinski definition) is 1. The van der Waals surface area contributed by atoms with Crippen molar-refractivity contribution >= 4 is 6.29 Å². The number of carbonyl (C=O) groups is 1. The van der Waals surface area contributed by atoms with Gasteiger partial charge in [-0.25, -0.2) is 0 Å². The summed E-state index contributed by atoms with van der Waals surface area (Å²) in [4.78, 5) is 10.3. The summed E-state index contributed by atoms with van der Waals surface area (Å²) in [5.41, 5.74) is 3.15. The molecule has 0 radical (unpaired) electrons. The zero-order valence-corrected chi connectivity index (χ0v) is 8.37. The van der Waals surface area contributed by atoms with Gasteiger partial charge in [0.25, 0.3) is 0 Å². The number of rotatable bonds is 1. The van der Waals surface area contributed by atoms with Gasteiger partial charge in [-0.2, -0.15) is 0 Å². The van der Waals surface area contributed by atoms with Gasteiger partial charge in [0.1, 0.15) is 6.29 Å². The molecule has 0 aliphatic heterocycles. The Morgan fingerprint density at radius 2 is 1.85 bits per heavy atom. The molecular formula is C11H16O2. The van der Waals surface area contributed by atoms with Crippen LogP contribution in [0.15, 0.2) is 18.2 Å². The summed E-state index contributed by atoms with van der Waals surface area (Å²) < 4.78 is 0. The smallest absolute Gasteiger partial charge is 0.150 e. The highest BCUT2D eigenvalue weighted by Crippen LogP contribution is 2.07. The fourth-order valence-corrected chi connectivity index (χ4v) is 0.838. The van der Waals surface area contributed by atoms with Gasteiger partial charge in [-0.3, -0.25) is 4.79 Å². The molecule has 0 fully saturated rings. The van der Waals surface area contributed by atoms with Crippen molar-refractivity contribution in [2.45, 2.75) is 20.8 Å². The summed E-state index contributed by atoms with van der Waals surface area (Å²) in [5, 5.41) is 7.57. The number of hydrogen-bond acceptors (Lipinski definition) is 2.